The molecule has 3 N–H and O–H groups in total. The Kier molecular flexibility index (Phi) is 67.4. The summed E-state index contributed by atoms with van der Waals surface area (Å²) >= 11 is 0. The molecule has 0 spiro atoms. The number of amides is 1. The Labute approximate surface area is 494 Å². The van der Waals surface area contributed by atoms with Crippen molar-refractivity contribution in [3.05, 3.63) is 24.3 Å². The van der Waals surface area contributed by atoms with Crippen molar-refractivity contribution >= 4 is 11.9 Å². The smallest absolute Gasteiger partial charge is 0.305 e. The second-order valence-corrected chi connectivity index (χ2v) is 24.9. The van der Waals surface area contributed by atoms with Crippen molar-refractivity contribution in [3.8, 4) is 0 Å². The molecule has 1 amide bonds. The molecule has 0 aromatic heterocycles. The van der Waals surface area contributed by atoms with Crippen LogP contribution in [0.1, 0.15) is 406 Å². The highest BCUT2D eigenvalue weighted by molar-refractivity contribution is 5.76. The van der Waals surface area contributed by atoms with Crippen molar-refractivity contribution in [3.63, 3.8) is 0 Å². The standard InChI is InChI=1S/C73H141NO5/c1-3-5-7-9-11-13-15-17-18-19-20-29-32-35-38-42-45-49-53-57-61-65-71(76)70(69-75)74-72(77)66-62-58-54-50-46-43-39-36-33-30-27-25-23-21-22-24-26-28-31-34-37-40-44-48-52-56-60-64-68-79-73(78)67-63-59-55-51-47-41-16-14-12-10-8-6-4-2/h14,16,21-22,70-71,75-76H,3-13,15,17-20,23-69H2,1-2H3,(H,74,77)/b16-14-,22-21-. The number of aliphatic hydroxyl groups excluding tert-OH is 2. The molecule has 0 fully saturated rings. The third kappa shape index (κ3) is 65.4. The molecule has 6 nitrogen and oxygen atoms in total. The highest BCUT2D eigenvalue weighted by Gasteiger charge is 2.20. The third-order valence-electron chi connectivity index (χ3n) is 17.0. The van der Waals surface area contributed by atoms with E-state index in [1.54, 1.807) is 0 Å². The Hall–Kier alpha value is -1.66. The number of rotatable bonds is 68. The topological polar surface area (TPSA) is 95.9 Å². The molecule has 0 aromatic rings. The van der Waals surface area contributed by atoms with E-state index < -0.39 is 12.1 Å². The van der Waals surface area contributed by atoms with Crippen LogP contribution in [0.4, 0.5) is 0 Å². The number of carbonyl (C=O) groups excluding carboxylic acids is 2. The molecule has 0 heterocycles. The van der Waals surface area contributed by atoms with E-state index in [4.69, 9.17) is 4.74 Å². The Morgan fingerprint density at radius 1 is 0.342 bits per heavy atom. The maximum atomic E-state index is 12.5. The van der Waals surface area contributed by atoms with Gasteiger partial charge in [0.2, 0.25) is 5.91 Å². The van der Waals surface area contributed by atoms with Crippen molar-refractivity contribution in [2.75, 3.05) is 13.2 Å². The monoisotopic (exact) mass is 1110 g/mol. The number of esters is 1. The summed E-state index contributed by atoms with van der Waals surface area (Å²) in [5, 5.41) is 23.4. The highest BCUT2D eigenvalue weighted by atomic mass is 16.5. The molecule has 0 aliphatic rings. The van der Waals surface area contributed by atoms with Crippen LogP contribution in [0, 0.1) is 0 Å². The summed E-state index contributed by atoms with van der Waals surface area (Å²) in [6, 6.07) is -0.542. The van der Waals surface area contributed by atoms with E-state index in [-0.39, 0.29) is 18.5 Å². The normalized spacial score (nSPS) is 12.6. The lowest BCUT2D eigenvalue weighted by molar-refractivity contribution is -0.143. The lowest BCUT2D eigenvalue weighted by Gasteiger charge is -2.22. The largest absolute Gasteiger partial charge is 0.466 e. The van der Waals surface area contributed by atoms with Crippen molar-refractivity contribution in [1.82, 2.24) is 5.32 Å². The quantitative estimate of drug-likeness (QED) is 0.0320. The molecule has 0 aromatic carbocycles. The van der Waals surface area contributed by atoms with E-state index >= 15 is 0 Å². The van der Waals surface area contributed by atoms with E-state index in [9.17, 15) is 19.8 Å². The molecular formula is C73H141NO5. The molecule has 0 saturated carbocycles. The fourth-order valence-corrected chi connectivity index (χ4v) is 11.5. The van der Waals surface area contributed by atoms with Crippen LogP contribution in [0.15, 0.2) is 24.3 Å². The summed E-state index contributed by atoms with van der Waals surface area (Å²) in [6.45, 7) is 4.97. The zero-order chi connectivity index (χ0) is 57.1. The van der Waals surface area contributed by atoms with Crippen LogP contribution < -0.4 is 5.32 Å². The molecule has 0 aliphatic carbocycles. The molecular weight excluding hydrogens is 971 g/mol. The van der Waals surface area contributed by atoms with Crippen molar-refractivity contribution < 1.29 is 24.5 Å². The van der Waals surface area contributed by atoms with Gasteiger partial charge in [0.1, 0.15) is 0 Å². The molecule has 0 bridgehead atoms. The number of aliphatic hydroxyl groups is 2. The summed E-state index contributed by atoms with van der Waals surface area (Å²) in [5.74, 6) is -0.0231. The van der Waals surface area contributed by atoms with Gasteiger partial charge in [-0.1, -0.05) is 340 Å². The van der Waals surface area contributed by atoms with Gasteiger partial charge in [-0.15, -0.1) is 0 Å². The average Bonchev–Trinajstić information content (AvgIpc) is 3.45. The van der Waals surface area contributed by atoms with E-state index in [0.717, 1.165) is 44.9 Å². The number of allylic oxidation sites excluding steroid dienone is 4. The third-order valence-corrected chi connectivity index (χ3v) is 17.0. The van der Waals surface area contributed by atoms with E-state index in [0.29, 0.717) is 25.9 Å². The Morgan fingerprint density at radius 3 is 0.911 bits per heavy atom. The van der Waals surface area contributed by atoms with Gasteiger partial charge < -0.3 is 20.3 Å². The minimum Gasteiger partial charge on any atom is -0.466 e. The summed E-state index contributed by atoms with van der Waals surface area (Å²) in [7, 11) is 0. The second kappa shape index (κ2) is 68.8. The fourth-order valence-electron chi connectivity index (χ4n) is 11.5. The molecule has 0 saturated heterocycles. The molecule has 468 valence electrons. The van der Waals surface area contributed by atoms with Gasteiger partial charge in [-0.25, -0.2) is 0 Å². The first kappa shape index (κ1) is 77.3. The van der Waals surface area contributed by atoms with Crippen LogP contribution in [0.5, 0.6) is 0 Å². The van der Waals surface area contributed by atoms with Crippen LogP contribution in [0.2, 0.25) is 0 Å². The number of ether oxygens (including phenoxy) is 1. The maximum Gasteiger partial charge on any atom is 0.305 e. The Bertz CT molecular complexity index is 1230. The number of unbranched alkanes of at least 4 members (excludes halogenated alkanes) is 53. The number of carbonyl (C=O) groups is 2. The molecule has 6 heteroatoms. The summed E-state index contributed by atoms with van der Waals surface area (Å²) < 4.78 is 5.48. The molecule has 2 unspecified atom stereocenters. The average molecular weight is 1110 g/mol. The van der Waals surface area contributed by atoms with Crippen LogP contribution in [-0.2, 0) is 14.3 Å². The second-order valence-electron chi connectivity index (χ2n) is 24.9. The minimum atomic E-state index is -0.665. The zero-order valence-electron chi connectivity index (χ0n) is 53.6. The van der Waals surface area contributed by atoms with Gasteiger partial charge in [0, 0.05) is 12.8 Å². The van der Waals surface area contributed by atoms with Gasteiger partial charge in [-0.2, -0.15) is 0 Å². The van der Waals surface area contributed by atoms with E-state index in [2.05, 4.69) is 43.5 Å². The number of hydrogen-bond donors (Lipinski definition) is 3. The summed E-state index contributed by atoms with van der Waals surface area (Å²) in [6.07, 6.45) is 86.6. The van der Waals surface area contributed by atoms with Gasteiger partial charge in [-0.3, -0.25) is 9.59 Å². The molecule has 2 atom stereocenters. The number of nitrogens with one attached hydrogen (secondary N) is 1. The maximum absolute atomic E-state index is 12.5. The molecule has 0 rings (SSSR count). The molecule has 79 heavy (non-hydrogen) atoms. The fraction of sp³-hybridized carbons (Fsp3) is 0.918. The van der Waals surface area contributed by atoms with Crippen LogP contribution in [-0.4, -0.2) is 47.4 Å². The Morgan fingerprint density at radius 2 is 0.595 bits per heavy atom. The van der Waals surface area contributed by atoms with Crippen LogP contribution >= 0.6 is 0 Å². The first-order chi connectivity index (χ1) is 39.0. The lowest BCUT2D eigenvalue weighted by atomic mass is 10.0. The van der Waals surface area contributed by atoms with Crippen LogP contribution in [0.3, 0.4) is 0 Å². The summed E-state index contributed by atoms with van der Waals surface area (Å²) in [5.41, 5.74) is 0. The SMILES string of the molecule is CCCCCC/C=C\CCCCCCCC(=O)OCCCCCCCCCCCCCC/C=C\CCCCCCCCCCCCCCC(=O)NC(CO)C(O)CCCCCCCCCCCCCCCCCCCCCCC. The van der Waals surface area contributed by atoms with Gasteiger partial charge in [0.05, 0.1) is 25.4 Å². The summed E-state index contributed by atoms with van der Waals surface area (Å²) in [4.78, 5) is 24.6. The van der Waals surface area contributed by atoms with Gasteiger partial charge in [-0.05, 0) is 77.0 Å². The zero-order valence-corrected chi connectivity index (χ0v) is 53.6. The van der Waals surface area contributed by atoms with Crippen molar-refractivity contribution in [2.24, 2.45) is 0 Å². The van der Waals surface area contributed by atoms with Crippen LogP contribution in [0.25, 0.3) is 0 Å². The number of hydrogen-bond acceptors (Lipinski definition) is 5. The first-order valence-electron chi connectivity index (χ1n) is 36.1. The first-order valence-corrected chi connectivity index (χ1v) is 36.1. The van der Waals surface area contributed by atoms with Gasteiger partial charge in [0.15, 0.2) is 0 Å². The van der Waals surface area contributed by atoms with Crippen molar-refractivity contribution in [2.45, 2.75) is 418 Å². The van der Waals surface area contributed by atoms with Gasteiger partial charge >= 0.3 is 5.97 Å². The minimum absolute atomic E-state index is 0.00730. The predicted molar refractivity (Wildman–Crippen MR) is 347 cm³/mol. The lowest BCUT2D eigenvalue weighted by Crippen LogP contribution is -2.45. The van der Waals surface area contributed by atoms with E-state index in [1.165, 1.54) is 327 Å². The predicted octanol–water partition coefficient (Wildman–Crippen LogP) is 23.3. The van der Waals surface area contributed by atoms with E-state index in [1.807, 2.05) is 0 Å². The highest BCUT2D eigenvalue weighted by Crippen LogP contribution is 2.19. The Balaban J connectivity index is 3.38. The molecule has 0 radical (unpaired) electrons. The van der Waals surface area contributed by atoms with Crippen molar-refractivity contribution in [1.29, 1.82) is 0 Å². The molecule has 0 aliphatic heterocycles. The van der Waals surface area contributed by atoms with Gasteiger partial charge in [0.25, 0.3) is 0 Å².